The normalized spacial score (nSPS) is 15.0. The van der Waals surface area contributed by atoms with E-state index in [1.807, 2.05) is 13.0 Å². The molecule has 6 heteroatoms. The first-order chi connectivity index (χ1) is 12.8. The van der Waals surface area contributed by atoms with E-state index in [1.54, 1.807) is 0 Å². The molecule has 0 heterocycles. The number of alkyl halides is 3. The van der Waals surface area contributed by atoms with Gasteiger partial charge in [0.05, 0.1) is 11.6 Å². The van der Waals surface area contributed by atoms with Crippen LogP contribution in [0.3, 0.4) is 0 Å². The van der Waals surface area contributed by atoms with Crippen LogP contribution in [-0.4, -0.2) is 12.5 Å². The molecule has 2 aromatic carbocycles. The number of hydrogen-bond acceptors (Lipinski definition) is 2. The quantitative estimate of drug-likeness (QED) is 0.810. The van der Waals surface area contributed by atoms with Gasteiger partial charge in [0.1, 0.15) is 5.75 Å². The van der Waals surface area contributed by atoms with Crippen molar-refractivity contribution in [2.24, 2.45) is 0 Å². The van der Waals surface area contributed by atoms with E-state index in [9.17, 15) is 18.0 Å². The second kappa shape index (κ2) is 8.03. The molecule has 3 nitrogen and oxygen atoms in total. The van der Waals surface area contributed by atoms with Gasteiger partial charge in [0.2, 0.25) is 0 Å². The summed E-state index contributed by atoms with van der Waals surface area (Å²) in [7, 11) is 0. The fraction of sp³-hybridized carbons (Fsp3) is 0.381. The fourth-order valence-electron chi connectivity index (χ4n) is 3.30. The Morgan fingerprint density at radius 1 is 1.11 bits per heavy atom. The van der Waals surface area contributed by atoms with Gasteiger partial charge in [0.25, 0.3) is 5.91 Å². The molecule has 0 saturated heterocycles. The minimum atomic E-state index is -4.44. The lowest BCUT2D eigenvalue weighted by molar-refractivity contribution is -0.137. The summed E-state index contributed by atoms with van der Waals surface area (Å²) < 4.78 is 43.4. The highest BCUT2D eigenvalue weighted by Gasteiger charge is 2.30. The van der Waals surface area contributed by atoms with E-state index in [0.29, 0.717) is 0 Å². The minimum absolute atomic E-state index is 0.0152. The van der Waals surface area contributed by atoms with Gasteiger partial charge in [-0.05, 0) is 67.5 Å². The van der Waals surface area contributed by atoms with Crippen molar-refractivity contribution in [3.8, 4) is 5.75 Å². The van der Waals surface area contributed by atoms with Gasteiger partial charge in [0, 0.05) is 0 Å². The molecule has 144 valence electrons. The summed E-state index contributed by atoms with van der Waals surface area (Å²) in [6.07, 6.45) is 0.111. The second-order valence-electron chi connectivity index (χ2n) is 6.84. The lowest BCUT2D eigenvalue weighted by Gasteiger charge is -2.20. The Balaban J connectivity index is 1.56. The molecule has 27 heavy (non-hydrogen) atoms. The predicted octanol–water partition coefficient (Wildman–Crippen LogP) is 4.84. The van der Waals surface area contributed by atoms with Gasteiger partial charge in [-0.1, -0.05) is 24.3 Å². The van der Waals surface area contributed by atoms with Gasteiger partial charge >= 0.3 is 6.18 Å². The highest BCUT2D eigenvalue weighted by molar-refractivity contribution is 5.78. The molecule has 1 atom stereocenters. The first-order valence-corrected chi connectivity index (χ1v) is 9.04. The van der Waals surface area contributed by atoms with E-state index in [-0.39, 0.29) is 24.3 Å². The molecular weight excluding hydrogens is 355 g/mol. The third-order valence-electron chi connectivity index (χ3n) is 4.78. The van der Waals surface area contributed by atoms with Crippen molar-refractivity contribution in [3.05, 3.63) is 64.7 Å². The van der Waals surface area contributed by atoms with E-state index < -0.39 is 11.7 Å². The van der Waals surface area contributed by atoms with Crippen molar-refractivity contribution in [1.82, 2.24) is 5.32 Å². The topological polar surface area (TPSA) is 38.3 Å². The molecule has 0 saturated carbocycles. The third kappa shape index (κ3) is 5.02. The zero-order chi connectivity index (χ0) is 19.4. The van der Waals surface area contributed by atoms with Crippen LogP contribution >= 0.6 is 0 Å². The van der Waals surface area contributed by atoms with Crippen molar-refractivity contribution >= 4 is 5.91 Å². The van der Waals surface area contributed by atoms with Crippen LogP contribution in [0.5, 0.6) is 5.75 Å². The number of aryl methyl sites for hydroxylation is 2. The van der Waals surface area contributed by atoms with Crippen LogP contribution in [0.1, 0.15) is 48.1 Å². The molecule has 0 spiro atoms. The zero-order valence-corrected chi connectivity index (χ0v) is 15.1. The third-order valence-corrected chi connectivity index (χ3v) is 4.78. The molecule has 0 aliphatic heterocycles. The number of carbonyl (C=O) groups excluding carboxylic acids is 1. The number of rotatable bonds is 5. The van der Waals surface area contributed by atoms with Crippen LogP contribution in [0, 0.1) is 0 Å². The predicted molar refractivity (Wildman–Crippen MR) is 96.6 cm³/mol. The Bertz CT molecular complexity index is 817. The maximum atomic E-state index is 12.7. The number of amides is 1. The molecular formula is C21H22F3NO2. The summed E-state index contributed by atoms with van der Waals surface area (Å²) in [6.45, 7) is 1.54. The van der Waals surface area contributed by atoms with Crippen molar-refractivity contribution in [1.29, 1.82) is 0 Å². The van der Waals surface area contributed by atoms with E-state index in [0.717, 1.165) is 30.5 Å². The van der Waals surface area contributed by atoms with Crippen LogP contribution in [0.4, 0.5) is 13.2 Å². The molecule has 0 bridgehead atoms. The number of halogens is 3. The van der Waals surface area contributed by atoms with Crippen LogP contribution in [0.2, 0.25) is 0 Å². The van der Waals surface area contributed by atoms with E-state index in [4.69, 9.17) is 4.74 Å². The van der Waals surface area contributed by atoms with E-state index >= 15 is 0 Å². The molecule has 2 aromatic rings. The molecule has 1 amide bonds. The fourth-order valence-corrected chi connectivity index (χ4v) is 3.30. The number of ether oxygens (including phenoxy) is 1. The summed E-state index contributed by atoms with van der Waals surface area (Å²) in [6, 6.07) is 10.6. The summed E-state index contributed by atoms with van der Waals surface area (Å²) in [5.74, 6) is -0.362. The summed E-state index contributed by atoms with van der Waals surface area (Å²) >= 11 is 0. The van der Waals surface area contributed by atoms with Crippen LogP contribution in [0.15, 0.2) is 42.5 Å². The largest absolute Gasteiger partial charge is 0.484 e. The van der Waals surface area contributed by atoms with Crippen LogP contribution in [-0.2, 0) is 23.8 Å². The lowest BCUT2D eigenvalue weighted by atomic mass is 9.89. The van der Waals surface area contributed by atoms with E-state index in [1.165, 1.54) is 36.1 Å². The van der Waals surface area contributed by atoms with Gasteiger partial charge in [0.15, 0.2) is 6.61 Å². The first kappa shape index (κ1) is 19.3. The molecule has 3 rings (SSSR count). The van der Waals surface area contributed by atoms with Crippen LogP contribution in [0.25, 0.3) is 0 Å². The van der Waals surface area contributed by atoms with E-state index in [2.05, 4.69) is 17.4 Å². The number of carbonyl (C=O) groups is 1. The van der Waals surface area contributed by atoms with Crippen molar-refractivity contribution in [3.63, 3.8) is 0 Å². The van der Waals surface area contributed by atoms with Gasteiger partial charge in [-0.25, -0.2) is 0 Å². The highest BCUT2D eigenvalue weighted by Crippen LogP contribution is 2.31. The maximum Gasteiger partial charge on any atom is 0.416 e. The smallest absolute Gasteiger partial charge is 0.416 e. The maximum absolute atomic E-state index is 12.7. The molecule has 0 fully saturated rings. The molecule has 0 aromatic heterocycles. The molecule has 1 N–H and O–H groups in total. The van der Waals surface area contributed by atoms with Gasteiger partial charge in [-0.3, -0.25) is 4.79 Å². The van der Waals surface area contributed by atoms with Gasteiger partial charge < -0.3 is 10.1 Å². The summed E-state index contributed by atoms with van der Waals surface area (Å²) in [5.41, 5.74) is 2.92. The minimum Gasteiger partial charge on any atom is -0.484 e. The summed E-state index contributed by atoms with van der Waals surface area (Å²) in [5, 5.41) is 2.83. The molecule has 0 unspecified atom stereocenters. The Kier molecular flexibility index (Phi) is 5.73. The summed E-state index contributed by atoms with van der Waals surface area (Å²) in [4.78, 5) is 12.1. The average Bonchev–Trinajstić information content (AvgIpc) is 2.65. The average molecular weight is 377 g/mol. The van der Waals surface area contributed by atoms with Gasteiger partial charge in [-0.15, -0.1) is 0 Å². The van der Waals surface area contributed by atoms with Crippen LogP contribution < -0.4 is 10.1 Å². The number of nitrogens with one attached hydrogen (secondary N) is 1. The van der Waals surface area contributed by atoms with Crippen molar-refractivity contribution < 1.29 is 22.7 Å². The SMILES string of the molecule is C[C@@H](NC(=O)COc1cccc(C(F)(F)F)c1)c1ccc2c(c1)CCCC2. The molecule has 1 aliphatic rings. The Morgan fingerprint density at radius 2 is 1.85 bits per heavy atom. The van der Waals surface area contributed by atoms with Crippen molar-refractivity contribution in [2.45, 2.75) is 44.8 Å². The molecule has 0 radical (unpaired) electrons. The number of fused-ring (bicyclic) bond motifs is 1. The van der Waals surface area contributed by atoms with Gasteiger partial charge in [-0.2, -0.15) is 13.2 Å². The standard InChI is InChI=1S/C21H22F3NO2/c1-14(16-10-9-15-5-2-3-6-17(15)11-16)25-20(26)13-27-19-8-4-7-18(12-19)21(22,23)24/h4,7-12,14H,2-3,5-6,13H2,1H3,(H,25,26)/t14-/m1/s1. The lowest BCUT2D eigenvalue weighted by Crippen LogP contribution is -2.31. The molecule has 1 aliphatic carbocycles. The Labute approximate surface area is 156 Å². The highest BCUT2D eigenvalue weighted by atomic mass is 19.4. The number of hydrogen-bond donors (Lipinski definition) is 1. The Morgan fingerprint density at radius 3 is 2.59 bits per heavy atom. The Hall–Kier alpha value is -2.50. The van der Waals surface area contributed by atoms with Crippen molar-refractivity contribution in [2.75, 3.05) is 6.61 Å². The second-order valence-corrected chi connectivity index (χ2v) is 6.84. The zero-order valence-electron chi connectivity index (χ0n) is 15.1. The first-order valence-electron chi connectivity index (χ1n) is 9.04. The monoisotopic (exact) mass is 377 g/mol. The number of benzene rings is 2.